The summed E-state index contributed by atoms with van der Waals surface area (Å²) in [7, 11) is 0. The van der Waals surface area contributed by atoms with Crippen LogP contribution in [-0.2, 0) is 24.2 Å². The molecule has 112 valence electrons. The van der Waals surface area contributed by atoms with E-state index in [2.05, 4.69) is 40.2 Å². The minimum atomic E-state index is 0.294. The van der Waals surface area contributed by atoms with Gasteiger partial charge in [-0.15, -0.1) is 0 Å². The second-order valence-corrected chi connectivity index (χ2v) is 6.97. The fourth-order valence-corrected chi connectivity index (χ4v) is 4.12. The Labute approximate surface area is 133 Å². The van der Waals surface area contributed by atoms with Crippen molar-refractivity contribution in [3.63, 3.8) is 0 Å². The molecule has 0 bridgehead atoms. The fraction of sp³-hybridized carbons (Fsp3) is 0.714. The molecule has 1 N–H and O–H groups in total. The molecular weight excluding hydrogens is 338 g/mol. The molecule has 0 amide bonds. The summed E-state index contributed by atoms with van der Waals surface area (Å²) in [6.45, 7) is 5.96. The monoisotopic (exact) mass is 359 g/mol. The van der Waals surface area contributed by atoms with E-state index in [4.69, 9.17) is 0 Å². The zero-order valence-electron chi connectivity index (χ0n) is 12.1. The van der Waals surface area contributed by atoms with Gasteiger partial charge < -0.3 is 5.32 Å². The van der Waals surface area contributed by atoms with Crippen molar-refractivity contribution in [3.05, 3.63) is 15.9 Å². The van der Waals surface area contributed by atoms with Crippen LogP contribution in [-0.4, -0.2) is 39.7 Å². The van der Waals surface area contributed by atoms with E-state index < -0.39 is 0 Å². The maximum Gasteiger partial charge on any atom is 0.140 e. The molecule has 1 aliphatic heterocycles. The molecule has 4 nitrogen and oxygen atoms in total. The molecule has 1 unspecified atom stereocenters. The Kier molecular flexibility index (Phi) is 6.11. The highest BCUT2D eigenvalue weighted by Gasteiger charge is 2.20. The Morgan fingerprint density at radius 1 is 1.55 bits per heavy atom. The molecule has 1 saturated heterocycles. The van der Waals surface area contributed by atoms with Gasteiger partial charge in [-0.05, 0) is 29.3 Å². The van der Waals surface area contributed by atoms with Gasteiger partial charge in [0.25, 0.3) is 0 Å². The van der Waals surface area contributed by atoms with Crippen LogP contribution < -0.4 is 5.32 Å². The van der Waals surface area contributed by atoms with E-state index in [1.54, 1.807) is 0 Å². The molecule has 2 heterocycles. The van der Waals surface area contributed by atoms with E-state index in [0.29, 0.717) is 24.7 Å². The van der Waals surface area contributed by atoms with E-state index in [-0.39, 0.29) is 0 Å². The van der Waals surface area contributed by atoms with Crippen LogP contribution in [0.25, 0.3) is 0 Å². The molecule has 1 aliphatic rings. The van der Waals surface area contributed by atoms with E-state index in [1.807, 2.05) is 16.4 Å². The molecule has 0 aliphatic carbocycles. The fourth-order valence-electron chi connectivity index (χ4n) is 2.47. The summed E-state index contributed by atoms with van der Waals surface area (Å²) in [6.07, 6.45) is 1.98. The lowest BCUT2D eigenvalue weighted by molar-refractivity contribution is -0.118. The van der Waals surface area contributed by atoms with Crippen LogP contribution in [0.4, 0.5) is 0 Å². The largest absolute Gasteiger partial charge is 0.312 e. The van der Waals surface area contributed by atoms with Crippen LogP contribution in [0, 0.1) is 0 Å². The molecule has 20 heavy (non-hydrogen) atoms. The maximum absolute atomic E-state index is 12.3. The van der Waals surface area contributed by atoms with Gasteiger partial charge in [0.05, 0.1) is 15.9 Å². The Bertz CT molecular complexity index is 469. The summed E-state index contributed by atoms with van der Waals surface area (Å²) in [5, 5.41) is 7.96. The molecule has 1 atom stereocenters. The molecule has 1 aromatic heterocycles. The van der Waals surface area contributed by atoms with Gasteiger partial charge in [-0.1, -0.05) is 6.92 Å². The zero-order chi connectivity index (χ0) is 14.5. The maximum atomic E-state index is 12.3. The number of carbonyl (C=O) groups is 1. The van der Waals surface area contributed by atoms with Gasteiger partial charge in [0, 0.05) is 43.5 Å². The first-order chi connectivity index (χ1) is 9.65. The van der Waals surface area contributed by atoms with Crippen LogP contribution in [0.2, 0.25) is 0 Å². The number of hydrogen-bond donors (Lipinski definition) is 1. The second-order valence-electron chi connectivity index (χ2n) is 5.02. The molecule has 2 rings (SSSR count). The zero-order valence-corrected chi connectivity index (χ0v) is 14.5. The molecular formula is C14H22BrN3OS. The lowest BCUT2D eigenvalue weighted by Gasteiger charge is -2.22. The number of aromatic nitrogens is 2. The molecule has 0 spiro atoms. The first kappa shape index (κ1) is 16.0. The number of carbonyl (C=O) groups excluding carboxylic acids is 1. The first-order valence-electron chi connectivity index (χ1n) is 7.22. The molecule has 0 aromatic carbocycles. The van der Waals surface area contributed by atoms with E-state index in [9.17, 15) is 4.79 Å². The summed E-state index contributed by atoms with van der Waals surface area (Å²) >= 11 is 5.53. The van der Waals surface area contributed by atoms with Crippen LogP contribution >= 0.6 is 27.7 Å². The Balaban J connectivity index is 2.01. The van der Waals surface area contributed by atoms with Crippen LogP contribution in [0.15, 0.2) is 4.47 Å². The van der Waals surface area contributed by atoms with Gasteiger partial charge in [0.1, 0.15) is 5.78 Å². The van der Waals surface area contributed by atoms with E-state index in [1.165, 1.54) is 0 Å². The summed E-state index contributed by atoms with van der Waals surface area (Å²) in [6, 6.07) is 0.337. The third-order valence-electron chi connectivity index (χ3n) is 3.53. The topological polar surface area (TPSA) is 46.9 Å². The second kappa shape index (κ2) is 7.61. The van der Waals surface area contributed by atoms with Crippen molar-refractivity contribution in [1.29, 1.82) is 0 Å². The van der Waals surface area contributed by atoms with E-state index >= 15 is 0 Å². The Morgan fingerprint density at radius 2 is 2.35 bits per heavy atom. The smallest absolute Gasteiger partial charge is 0.140 e. The van der Waals surface area contributed by atoms with Crippen molar-refractivity contribution >= 4 is 33.5 Å². The minimum absolute atomic E-state index is 0.294. The lowest BCUT2D eigenvalue weighted by atomic mass is 10.1. The number of nitrogens with one attached hydrogen (secondary N) is 1. The Morgan fingerprint density at radius 3 is 2.95 bits per heavy atom. The van der Waals surface area contributed by atoms with Crippen molar-refractivity contribution in [2.24, 2.45) is 0 Å². The number of nitrogens with zero attached hydrogens (tertiary/aromatic N) is 2. The van der Waals surface area contributed by atoms with Crippen molar-refractivity contribution in [2.75, 3.05) is 18.1 Å². The van der Waals surface area contributed by atoms with Gasteiger partial charge >= 0.3 is 0 Å². The predicted octanol–water partition coefficient (Wildman–Crippen LogP) is 2.43. The number of thioether (sulfide) groups is 1. The normalized spacial score (nSPS) is 19.2. The number of hydrogen-bond acceptors (Lipinski definition) is 4. The molecule has 0 radical (unpaired) electrons. The predicted molar refractivity (Wildman–Crippen MR) is 87.4 cm³/mol. The number of Topliss-reactive ketones (excluding diaryl/α,β-unsaturated/α-hetero) is 1. The summed E-state index contributed by atoms with van der Waals surface area (Å²) in [5.74, 6) is 2.49. The van der Waals surface area contributed by atoms with Crippen molar-refractivity contribution < 1.29 is 4.79 Å². The molecule has 1 fully saturated rings. The molecule has 6 heteroatoms. The van der Waals surface area contributed by atoms with Gasteiger partial charge in [-0.25, -0.2) is 0 Å². The molecule has 0 saturated carbocycles. The van der Waals surface area contributed by atoms with Crippen LogP contribution in [0.1, 0.15) is 31.7 Å². The summed E-state index contributed by atoms with van der Waals surface area (Å²) in [5.41, 5.74) is 2.07. The number of rotatable bonds is 6. The van der Waals surface area contributed by atoms with Gasteiger partial charge in [-0.2, -0.15) is 16.9 Å². The first-order valence-corrected chi connectivity index (χ1v) is 9.17. The quantitative estimate of drug-likeness (QED) is 0.847. The third-order valence-corrected chi connectivity index (χ3v) is 5.58. The van der Waals surface area contributed by atoms with Crippen molar-refractivity contribution in [2.45, 2.75) is 45.7 Å². The number of halogens is 1. The standard InChI is InChI=1S/C14H22BrN3OS/c1-3-12-14(15)13(18(4-2)17-12)8-11(19)7-10-9-20-6-5-16-10/h10,16H,3-9H2,1-2H3. The number of ketones is 1. The van der Waals surface area contributed by atoms with Crippen molar-refractivity contribution in [1.82, 2.24) is 15.1 Å². The summed E-state index contributed by atoms with van der Waals surface area (Å²) < 4.78 is 2.96. The lowest BCUT2D eigenvalue weighted by Crippen LogP contribution is -2.39. The third kappa shape index (κ3) is 3.86. The average Bonchev–Trinajstić information content (AvgIpc) is 2.76. The number of aryl methyl sites for hydroxylation is 2. The van der Waals surface area contributed by atoms with Crippen LogP contribution in [0.5, 0.6) is 0 Å². The average molecular weight is 360 g/mol. The summed E-state index contributed by atoms with van der Waals surface area (Å²) in [4.78, 5) is 12.3. The van der Waals surface area contributed by atoms with Gasteiger partial charge in [0.2, 0.25) is 0 Å². The SMILES string of the molecule is CCc1nn(CC)c(CC(=O)CC2CSCCN2)c1Br. The minimum Gasteiger partial charge on any atom is -0.312 e. The van der Waals surface area contributed by atoms with E-state index in [0.717, 1.165) is 46.9 Å². The van der Waals surface area contributed by atoms with Gasteiger partial charge in [0.15, 0.2) is 0 Å². The van der Waals surface area contributed by atoms with Crippen molar-refractivity contribution in [3.8, 4) is 0 Å². The highest BCUT2D eigenvalue weighted by Crippen LogP contribution is 2.23. The highest BCUT2D eigenvalue weighted by atomic mass is 79.9. The highest BCUT2D eigenvalue weighted by molar-refractivity contribution is 9.10. The Hall–Kier alpha value is -0.330. The van der Waals surface area contributed by atoms with Gasteiger partial charge in [-0.3, -0.25) is 9.48 Å². The van der Waals surface area contributed by atoms with Crippen LogP contribution in [0.3, 0.4) is 0 Å². The molecule has 1 aromatic rings.